The summed E-state index contributed by atoms with van der Waals surface area (Å²) >= 11 is 8.72. The highest BCUT2D eigenvalue weighted by Gasteiger charge is 2.33. The lowest BCUT2D eigenvalue weighted by molar-refractivity contribution is -0.112. The first kappa shape index (κ1) is 34.4. The molecule has 0 aliphatic rings. The van der Waals surface area contributed by atoms with Gasteiger partial charge in [0.25, 0.3) is 5.91 Å². The first-order chi connectivity index (χ1) is 22.3. The average Bonchev–Trinajstić information content (AvgIpc) is 3.07. The average molecular weight is 671 g/mol. The topological polar surface area (TPSA) is 144 Å². The van der Waals surface area contributed by atoms with Gasteiger partial charge >= 0.3 is 0 Å². The van der Waals surface area contributed by atoms with E-state index in [0.29, 0.717) is 30.8 Å². The number of hydrogen-bond donors (Lipinski definition) is 2. The zero-order chi connectivity index (χ0) is 32.9. The van der Waals surface area contributed by atoms with E-state index in [1.807, 2.05) is 77.7 Å². The van der Waals surface area contributed by atoms with Crippen LogP contribution in [0.25, 0.3) is 0 Å². The zero-order valence-electron chi connectivity index (χ0n) is 24.5. The molecule has 0 aliphatic carbocycles. The molecule has 12 heteroatoms. The second-order valence-corrected chi connectivity index (χ2v) is 12.6. The summed E-state index contributed by atoms with van der Waals surface area (Å²) in [6.07, 6.45) is 0.590. The summed E-state index contributed by atoms with van der Waals surface area (Å²) in [4.78, 5) is 31.3. The third kappa shape index (κ3) is 9.51. The Labute approximate surface area is 280 Å². The van der Waals surface area contributed by atoms with Crippen molar-refractivity contribution in [2.75, 3.05) is 23.2 Å². The van der Waals surface area contributed by atoms with E-state index in [9.17, 15) is 20.0 Å². The minimum Gasteiger partial charge on any atom is -0.733 e. The number of nitrogens with one attached hydrogen (secondary N) is 1. The molecule has 2 atom stereocenters. The molecule has 0 aliphatic heterocycles. The molecule has 0 saturated heterocycles. The fourth-order valence-corrected chi connectivity index (χ4v) is 6.91. The first-order valence-corrected chi connectivity index (χ1v) is 16.2. The molecule has 0 fully saturated rings. The molecule has 234 valence electrons. The van der Waals surface area contributed by atoms with Crippen LogP contribution in [0.1, 0.15) is 34.0 Å². The highest BCUT2D eigenvalue weighted by atomic mass is 35.5. The van der Waals surface area contributed by atoms with Crippen molar-refractivity contribution >= 4 is 57.5 Å². The molecular formula is C34H29ClN5O4S2-. The summed E-state index contributed by atoms with van der Waals surface area (Å²) < 4.78 is 0. The number of halogens is 1. The maximum absolute atomic E-state index is 14.1. The Morgan fingerprint density at radius 2 is 1.41 bits per heavy atom. The molecular weight excluding hydrogens is 642 g/mol. The van der Waals surface area contributed by atoms with Crippen molar-refractivity contribution in [2.45, 2.75) is 33.9 Å². The van der Waals surface area contributed by atoms with Gasteiger partial charge < -0.3 is 20.7 Å². The largest absolute Gasteiger partial charge is 0.733 e. The zero-order valence-corrected chi connectivity index (χ0v) is 26.8. The summed E-state index contributed by atoms with van der Waals surface area (Å²) in [5.74, 6) is -0.699. The van der Waals surface area contributed by atoms with Gasteiger partial charge in [0.15, 0.2) is 0 Å². The van der Waals surface area contributed by atoms with E-state index in [-0.39, 0.29) is 26.6 Å². The lowest BCUT2D eigenvalue weighted by Gasteiger charge is -2.28. The Bertz CT molecular complexity index is 1680. The highest BCUT2D eigenvalue weighted by molar-refractivity contribution is 8.14. The van der Waals surface area contributed by atoms with Crippen molar-refractivity contribution in [3.05, 3.63) is 124 Å². The second-order valence-electron chi connectivity index (χ2n) is 9.87. The minimum atomic E-state index is -1.08. The SMILES string of the molecule is N#CCCN(CCC#N)c1ccc(C(Sc2ccccc2)C(NC(=O)c2cc(N([O-])O)ccc2Cl)C(=O)Sc2ccccc2)cc1. The molecule has 46 heavy (non-hydrogen) atoms. The summed E-state index contributed by atoms with van der Waals surface area (Å²) in [5.41, 5.74) is 1.28. The van der Waals surface area contributed by atoms with Crippen LogP contribution in [0.3, 0.4) is 0 Å². The minimum absolute atomic E-state index is 0.0384. The standard InChI is InChI=1S/C34H29ClN5O4S2/c35-30-18-17-26(40(43)44)23-29(30)33(41)38-31(34(42)46-28-11-5-2-6-12-28)32(45-27-9-3-1-4-10-27)24-13-15-25(16-14-24)39(21-7-19-36)22-8-20-37/h1-6,9-18,23,31-32,43H,7-8,21-22H2,(H,38,41)/q-1. The van der Waals surface area contributed by atoms with Crippen molar-refractivity contribution in [1.29, 1.82) is 10.5 Å². The number of rotatable bonds is 14. The van der Waals surface area contributed by atoms with Gasteiger partial charge in [0, 0.05) is 28.6 Å². The molecule has 0 saturated carbocycles. The van der Waals surface area contributed by atoms with Crippen LogP contribution in [0.2, 0.25) is 5.02 Å². The monoisotopic (exact) mass is 670 g/mol. The van der Waals surface area contributed by atoms with Gasteiger partial charge in [-0.2, -0.15) is 10.5 Å². The van der Waals surface area contributed by atoms with Gasteiger partial charge in [-0.3, -0.25) is 14.8 Å². The van der Waals surface area contributed by atoms with Crippen LogP contribution < -0.4 is 15.4 Å². The predicted molar refractivity (Wildman–Crippen MR) is 182 cm³/mol. The lowest BCUT2D eigenvalue weighted by atomic mass is 10.0. The molecule has 4 aromatic carbocycles. The van der Waals surface area contributed by atoms with Crippen LogP contribution in [-0.4, -0.2) is 35.4 Å². The van der Waals surface area contributed by atoms with E-state index < -0.39 is 17.2 Å². The molecule has 1 amide bonds. The van der Waals surface area contributed by atoms with Crippen LogP contribution in [0, 0.1) is 27.9 Å². The predicted octanol–water partition coefficient (Wildman–Crippen LogP) is 7.62. The fourth-order valence-electron chi connectivity index (χ4n) is 4.54. The van der Waals surface area contributed by atoms with Crippen LogP contribution in [-0.2, 0) is 4.79 Å². The number of nitriles is 2. The van der Waals surface area contributed by atoms with Crippen molar-refractivity contribution in [1.82, 2.24) is 5.32 Å². The number of nitrogens with zero attached hydrogens (tertiary/aromatic N) is 4. The molecule has 9 nitrogen and oxygen atoms in total. The van der Waals surface area contributed by atoms with Gasteiger partial charge in [-0.25, -0.2) is 0 Å². The highest BCUT2D eigenvalue weighted by Crippen LogP contribution is 2.41. The third-order valence-corrected chi connectivity index (χ3v) is 9.44. The van der Waals surface area contributed by atoms with E-state index in [1.54, 1.807) is 12.1 Å². The van der Waals surface area contributed by atoms with Gasteiger partial charge in [-0.15, -0.1) is 11.8 Å². The number of anilines is 2. The van der Waals surface area contributed by atoms with Crippen LogP contribution in [0.15, 0.2) is 113 Å². The summed E-state index contributed by atoms with van der Waals surface area (Å²) in [6, 6.07) is 33.0. The van der Waals surface area contributed by atoms with E-state index in [4.69, 9.17) is 22.1 Å². The maximum Gasteiger partial charge on any atom is 0.253 e. The number of benzene rings is 4. The summed E-state index contributed by atoms with van der Waals surface area (Å²) in [7, 11) is 0. The molecule has 4 rings (SSSR count). The van der Waals surface area contributed by atoms with E-state index in [2.05, 4.69) is 17.5 Å². The molecule has 0 heterocycles. The molecule has 2 N–H and O–H groups in total. The van der Waals surface area contributed by atoms with Crippen LogP contribution >= 0.6 is 35.1 Å². The van der Waals surface area contributed by atoms with Gasteiger partial charge in [-0.05, 0) is 71.9 Å². The van der Waals surface area contributed by atoms with Crippen LogP contribution in [0.5, 0.6) is 0 Å². The van der Waals surface area contributed by atoms with Gasteiger partial charge in [0.2, 0.25) is 5.12 Å². The van der Waals surface area contributed by atoms with Gasteiger partial charge in [0.1, 0.15) is 6.04 Å². The van der Waals surface area contributed by atoms with Crippen LogP contribution in [0.4, 0.5) is 11.4 Å². The fraction of sp³-hybridized carbons (Fsp3) is 0.176. The van der Waals surface area contributed by atoms with Crippen molar-refractivity contribution in [2.24, 2.45) is 0 Å². The molecule has 0 spiro atoms. The van der Waals surface area contributed by atoms with E-state index in [1.165, 1.54) is 23.9 Å². The second kappa shape index (κ2) is 17.3. The smallest absolute Gasteiger partial charge is 0.253 e. The number of thioether (sulfide) groups is 2. The third-order valence-electron chi connectivity index (χ3n) is 6.80. The molecule has 0 aromatic heterocycles. The molecule has 0 bridgehead atoms. The Balaban J connectivity index is 1.76. The number of carbonyl (C=O) groups is 2. The normalized spacial score (nSPS) is 11.8. The summed E-state index contributed by atoms with van der Waals surface area (Å²) in [6.45, 7) is 0.915. The molecule has 0 radical (unpaired) electrons. The van der Waals surface area contributed by atoms with Crippen molar-refractivity contribution in [3.63, 3.8) is 0 Å². The van der Waals surface area contributed by atoms with Crippen molar-refractivity contribution < 1.29 is 14.8 Å². The molecule has 2 unspecified atom stereocenters. The van der Waals surface area contributed by atoms with E-state index in [0.717, 1.165) is 34.0 Å². The van der Waals surface area contributed by atoms with Gasteiger partial charge in [-0.1, -0.05) is 60.1 Å². The Morgan fingerprint density at radius 3 is 1.98 bits per heavy atom. The Hall–Kier alpha value is -4.49. The first-order valence-electron chi connectivity index (χ1n) is 14.1. The molecule has 4 aromatic rings. The lowest BCUT2D eigenvalue weighted by Crippen LogP contribution is -2.43. The quantitative estimate of drug-likeness (QED) is 0.102. The van der Waals surface area contributed by atoms with Gasteiger partial charge in [0.05, 0.1) is 46.5 Å². The Morgan fingerprint density at radius 1 is 0.848 bits per heavy atom. The number of hydrogen-bond acceptors (Lipinski definition) is 10. The summed E-state index contributed by atoms with van der Waals surface area (Å²) in [5, 5.41) is 40.8. The number of carbonyl (C=O) groups excluding carboxylic acids is 2. The van der Waals surface area contributed by atoms with Crippen molar-refractivity contribution in [3.8, 4) is 12.1 Å². The van der Waals surface area contributed by atoms with E-state index >= 15 is 0 Å². The maximum atomic E-state index is 14.1. The Kier molecular flexibility index (Phi) is 12.9. The number of amides is 1.